The van der Waals surface area contributed by atoms with Gasteiger partial charge in [0.2, 0.25) is 0 Å². The first kappa shape index (κ1) is 8.21. The van der Waals surface area contributed by atoms with Crippen molar-refractivity contribution in [2.24, 2.45) is 0 Å². The second-order valence-electron chi connectivity index (χ2n) is 2.14. The van der Waals surface area contributed by atoms with Gasteiger partial charge in [-0.2, -0.15) is 0 Å². The Hall–Kier alpha value is -0.890. The number of nitrogens with zero attached hydrogens (tertiary/aromatic N) is 1. The van der Waals surface area contributed by atoms with Gasteiger partial charge in [-0.1, -0.05) is 18.5 Å². The van der Waals surface area contributed by atoms with Gasteiger partial charge in [0.25, 0.3) is 0 Å². The van der Waals surface area contributed by atoms with Crippen LogP contribution in [0.2, 0.25) is 5.02 Å². The maximum Gasteiger partial charge on any atom is 0.180 e. The number of carbonyl (C=O) groups excluding carboxylic acids is 1. The molecule has 0 bridgehead atoms. The van der Waals surface area contributed by atoms with Crippen molar-refractivity contribution in [3.05, 3.63) is 29.0 Å². The smallest absolute Gasteiger partial charge is 0.180 e. The first-order valence-electron chi connectivity index (χ1n) is 3.38. The van der Waals surface area contributed by atoms with E-state index in [4.69, 9.17) is 11.6 Å². The third-order valence-electron chi connectivity index (χ3n) is 1.33. The third kappa shape index (κ3) is 2.02. The molecule has 0 atom stereocenters. The Morgan fingerprint density at radius 2 is 2.36 bits per heavy atom. The number of hydrogen-bond donors (Lipinski definition) is 0. The molecule has 2 nitrogen and oxygen atoms in total. The summed E-state index contributed by atoms with van der Waals surface area (Å²) in [5.41, 5.74) is 0.483. The molecular weight excluding hydrogens is 162 g/mol. The van der Waals surface area contributed by atoms with E-state index in [0.717, 1.165) is 0 Å². The molecule has 1 heterocycles. The highest BCUT2D eigenvalue weighted by Gasteiger charge is 2.02. The van der Waals surface area contributed by atoms with Crippen LogP contribution < -0.4 is 0 Å². The van der Waals surface area contributed by atoms with Gasteiger partial charge >= 0.3 is 0 Å². The zero-order valence-corrected chi connectivity index (χ0v) is 6.93. The maximum absolute atomic E-state index is 11.0. The van der Waals surface area contributed by atoms with Crippen LogP contribution in [-0.2, 0) is 0 Å². The van der Waals surface area contributed by atoms with E-state index >= 15 is 0 Å². The van der Waals surface area contributed by atoms with E-state index < -0.39 is 0 Å². The second kappa shape index (κ2) is 3.49. The van der Waals surface area contributed by atoms with Gasteiger partial charge in [0.1, 0.15) is 5.69 Å². The predicted molar refractivity (Wildman–Crippen MR) is 43.9 cm³/mol. The first-order chi connectivity index (χ1) is 5.24. The molecule has 1 aromatic heterocycles. The zero-order chi connectivity index (χ0) is 8.27. The summed E-state index contributed by atoms with van der Waals surface area (Å²) >= 11 is 5.59. The van der Waals surface area contributed by atoms with E-state index in [2.05, 4.69) is 4.98 Å². The molecule has 0 aliphatic rings. The molecule has 1 rings (SSSR count). The molecule has 0 aliphatic heterocycles. The van der Waals surface area contributed by atoms with E-state index in [1.165, 1.54) is 6.20 Å². The molecule has 0 aliphatic carbocycles. The van der Waals surface area contributed by atoms with Crippen molar-refractivity contribution in [3.8, 4) is 0 Å². The summed E-state index contributed by atoms with van der Waals surface area (Å²) < 4.78 is 0. The monoisotopic (exact) mass is 169 g/mol. The Balaban J connectivity index is 2.90. The lowest BCUT2D eigenvalue weighted by Crippen LogP contribution is -1.98. The topological polar surface area (TPSA) is 30.0 Å². The van der Waals surface area contributed by atoms with Crippen molar-refractivity contribution in [1.82, 2.24) is 4.98 Å². The molecule has 0 radical (unpaired) electrons. The highest BCUT2D eigenvalue weighted by atomic mass is 35.5. The number of halogens is 1. The van der Waals surface area contributed by atoms with Gasteiger partial charge in [0, 0.05) is 12.6 Å². The molecule has 1 aromatic rings. The first-order valence-corrected chi connectivity index (χ1v) is 3.76. The van der Waals surface area contributed by atoms with Crippen molar-refractivity contribution in [2.75, 3.05) is 0 Å². The number of ketones is 1. The highest BCUT2D eigenvalue weighted by Crippen LogP contribution is 2.07. The molecule has 0 saturated carbocycles. The van der Waals surface area contributed by atoms with Gasteiger partial charge in [0.15, 0.2) is 5.78 Å². The summed E-state index contributed by atoms with van der Waals surface area (Å²) in [4.78, 5) is 14.9. The van der Waals surface area contributed by atoms with E-state index in [0.29, 0.717) is 17.1 Å². The summed E-state index contributed by atoms with van der Waals surface area (Å²) in [6.07, 6.45) is 1.96. The summed E-state index contributed by atoms with van der Waals surface area (Å²) in [6, 6.07) is 3.30. The lowest BCUT2D eigenvalue weighted by Gasteiger charge is -1.94. The largest absolute Gasteiger partial charge is 0.292 e. The predicted octanol–water partition coefficient (Wildman–Crippen LogP) is 2.33. The van der Waals surface area contributed by atoms with Crippen LogP contribution in [0.1, 0.15) is 23.8 Å². The molecule has 0 unspecified atom stereocenters. The lowest BCUT2D eigenvalue weighted by atomic mass is 10.2. The third-order valence-corrected chi connectivity index (χ3v) is 1.56. The van der Waals surface area contributed by atoms with E-state index in [1.807, 2.05) is 0 Å². The fraction of sp³-hybridized carbons (Fsp3) is 0.250. The molecular formula is C8H8ClNO. The molecule has 11 heavy (non-hydrogen) atoms. The lowest BCUT2D eigenvalue weighted by molar-refractivity contribution is 0.0983. The number of Topliss-reactive ketones (excluding diaryl/α,β-unsaturated/α-hetero) is 1. The maximum atomic E-state index is 11.0. The minimum absolute atomic E-state index is 0.0432. The molecule has 0 amide bonds. The minimum atomic E-state index is 0.0432. The average Bonchev–Trinajstić information content (AvgIpc) is 2.05. The van der Waals surface area contributed by atoms with Crippen LogP contribution in [0.4, 0.5) is 0 Å². The Kier molecular flexibility index (Phi) is 2.60. The Bertz CT molecular complexity index is 255. The number of carbonyl (C=O) groups is 1. The highest BCUT2D eigenvalue weighted by molar-refractivity contribution is 6.30. The Morgan fingerprint density at radius 1 is 1.64 bits per heavy atom. The van der Waals surface area contributed by atoms with Crippen molar-refractivity contribution in [2.45, 2.75) is 13.3 Å². The molecule has 58 valence electrons. The van der Waals surface area contributed by atoms with E-state index in [1.54, 1.807) is 19.1 Å². The van der Waals surface area contributed by atoms with Crippen LogP contribution in [0.5, 0.6) is 0 Å². The van der Waals surface area contributed by atoms with Gasteiger partial charge in [-0.25, -0.2) is 0 Å². The molecule has 0 spiro atoms. The zero-order valence-electron chi connectivity index (χ0n) is 6.17. The normalized spacial score (nSPS) is 9.64. The SMILES string of the molecule is CCC(=O)c1ccc(Cl)cn1. The molecule has 0 fully saturated rings. The number of hydrogen-bond acceptors (Lipinski definition) is 2. The van der Waals surface area contributed by atoms with Gasteiger partial charge in [-0.15, -0.1) is 0 Å². The van der Waals surface area contributed by atoms with Crippen molar-refractivity contribution in [1.29, 1.82) is 0 Å². The number of rotatable bonds is 2. The van der Waals surface area contributed by atoms with Crippen molar-refractivity contribution < 1.29 is 4.79 Å². The fourth-order valence-electron chi connectivity index (χ4n) is 0.722. The van der Waals surface area contributed by atoms with Crippen LogP contribution in [0.25, 0.3) is 0 Å². The van der Waals surface area contributed by atoms with Crippen molar-refractivity contribution in [3.63, 3.8) is 0 Å². The summed E-state index contributed by atoms with van der Waals surface area (Å²) in [7, 11) is 0. The fourth-order valence-corrected chi connectivity index (χ4v) is 0.834. The minimum Gasteiger partial charge on any atom is -0.292 e. The second-order valence-corrected chi connectivity index (χ2v) is 2.57. The average molecular weight is 170 g/mol. The Labute approximate surface area is 70.2 Å². The van der Waals surface area contributed by atoms with Crippen LogP contribution in [-0.4, -0.2) is 10.8 Å². The summed E-state index contributed by atoms with van der Waals surface area (Å²) in [5.74, 6) is 0.0432. The van der Waals surface area contributed by atoms with Crippen molar-refractivity contribution >= 4 is 17.4 Å². The standard InChI is InChI=1S/C8H8ClNO/c1-2-8(11)7-4-3-6(9)5-10-7/h3-5H,2H2,1H3. The van der Waals surface area contributed by atoms with Crippen LogP contribution in [0.3, 0.4) is 0 Å². The van der Waals surface area contributed by atoms with Gasteiger partial charge in [0.05, 0.1) is 5.02 Å². The number of aromatic nitrogens is 1. The molecule has 0 N–H and O–H groups in total. The Morgan fingerprint density at radius 3 is 2.82 bits per heavy atom. The van der Waals surface area contributed by atoms with Gasteiger partial charge in [-0.05, 0) is 12.1 Å². The summed E-state index contributed by atoms with van der Waals surface area (Å²) in [5, 5.41) is 0.553. The molecule has 0 saturated heterocycles. The van der Waals surface area contributed by atoms with Crippen LogP contribution in [0.15, 0.2) is 18.3 Å². The quantitative estimate of drug-likeness (QED) is 0.636. The van der Waals surface area contributed by atoms with Gasteiger partial charge in [-0.3, -0.25) is 9.78 Å². The van der Waals surface area contributed by atoms with Crippen LogP contribution >= 0.6 is 11.6 Å². The van der Waals surface area contributed by atoms with Gasteiger partial charge < -0.3 is 0 Å². The molecule has 3 heteroatoms. The van der Waals surface area contributed by atoms with Crippen LogP contribution in [0, 0.1) is 0 Å². The number of pyridine rings is 1. The van der Waals surface area contributed by atoms with E-state index in [9.17, 15) is 4.79 Å². The molecule has 0 aromatic carbocycles. The van der Waals surface area contributed by atoms with E-state index in [-0.39, 0.29) is 5.78 Å². The summed E-state index contributed by atoms with van der Waals surface area (Å²) in [6.45, 7) is 1.80.